The number of thioether (sulfide) groups is 1. The van der Waals surface area contributed by atoms with Crippen molar-refractivity contribution in [1.29, 1.82) is 0 Å². The Bertz CT molecular complexity index is 490. The van der Waals surface area contributed by atoms with Crippen molar-refractivity contribution in [2.75, 3.05) is 11.5 Å². The Morgan fingerprint density at radius 3 is 2.50 bits per heavy atom. The predicted octanol–water partition coefficient (Wildman–Crippen LogP) is 2.45. The standard InChI is InChI=1S/C13H21NO2S2/c1-13(2,3)18(15,16)8-7-17-12-6-4-5-11(9-12)10-14/h4-6,9H,7-8,10,14H2,1-3H3. The van der Waals surface area contributed by atoms with Crippen LogP contribution in [0.2, 0.25) is 0 Å². The summed E-state index contributed by atoms with van der Waals surface area (Å²) in [5, 5.41) is 0. The van der Waals surface area contributed by atoms with Crippen LogP contribution in [0.5, 0.6) is 0 Å². The van der Waals surface area contributed by atoms with Gasteiger partial charge in [-0.15, -0.1) is 11.8 Å². The van der Waals surface area contributed by atoms with Crippen molar-refractivity contribution in [3.05, 3.63) is 29.8 Å². The Labute approximate surface area is 114 Å². The smallest absolute Gasteiger partial charge is 0.156 e. The molecule has 1 aromatic rings. The van der Waals surface area contributed by atoms with Crippen molar-refractivity contribution in [2.45, 2.75) is 37.0 Å². The topological polar surface area (TPSA) is 60.2 Å². The first-order valence-corrected chi connectivity index (χ1v) is 8.54. The van der Waals surface area contributed by atoms with Gasteiger partial charge in [0, 0.05) is 17.2 Å². The molecular formula is C13H21NO2S2. The Morgan fingerprint density at radius 1 is 1.28 bits per heavy atom. The molecule has 3 nitrogen and oxygen atoms in total. The van der Waals surface area contributed by atoms with Crippen molar-refractivity contribution in [3.8, 4) is 0 Å². The number of rotatable bonds is 5. The van der Waals surface area contributed by atoms with Gasteiger partial charge in [0.25, 0.3) is 0 Å². The van der Waals surface area contributed by atoms with Gasteiger partial charge in [-0.3, -0.25) is 0 Å². The molecule has 0 saturated carbocycles. The predicted molar refractivity (Wildman–Crippen MR) is 78.6 cm³/mol. The van der Waals surface area contributed by atoms with Crippen LogP contribution in [0.25, 0.3) is 0 Å². The van der Waals surface area contributed by atoms with Crippen LogP contribution in [-0.2, 0) is 16.4 Å². The Morgan fingerprint density at radius 2 is 1.94 bits per heavy atom. The number of hydrogen-bond acceptors (Lipinski definition) is 4. The maximum atomic E-state index is 11.9. The molecule has 0 aliphatic rings. The van der Waals surface area contributed by atoms with E-state index in [0.29, 0.717) is 12.3 Å². The van der Waals surface area contributed by atoms with Crippen molar-refractivity contribution in [2.24, 2.45) is 5.73 Å². The summed E-state index contributed by atoms with van der Waals surface area (Å²) in [5.41, 5.74) is 6.64. The van der Waals surface area contributed by atoms with Crippen LogP contribution in [0, 0.1) is 0 Å². The molecule has 0 heterocycles. The molecule has 5 heteroatoms. The van der Waals surface area contributed by atoms with Crippen LogP contribution in [0.3, 0.4) is 0 Å². The fourth-order valence-corrected chi connectivity index (χ4v) is 3.81. The van der Waals surface area contributed by atoms with E-state index in [1.54, 1.807) is 32.5 Å². The van der Waals surface area contributed by atoms with Crippen LogP contribution in [-0.4, -0.2) is 24.7 Å². The minimum absolute atomic E-state index is 0.202. The van der Waals surface area contributed by atoms with Crippen molar-refractivity contribution in [3.63, 3.8) is 0 Å². The lowest BCUT2D eigenvalue weighted by Crippen LogP contribution is -2.31. The number of nitrogens with two attached hydrogens (primary N) is 1. The van der Waals surface area contributed by atoms with Gasteiger partial charge in [-0.05, 0) is 38.5 Å². The van der Waals surface area contributed by atoms with Crippen molar-refractivity contribution < 1.29 is 8.42 Å². The van der Waals surface area contributed by atoms with Gasteiger partial charge in [0.05, 0.1) is 10.5 Å². The molecule has 102 valence electrons. The highest BCUT2D eigenvalue weighted by molar-refractivity contribution is 8.01. The van der Waals surface area contributed by atoms with Crippen molar-refractivity contribution in [1.82, 2.24) is 0 Å². The van der Waals surface area contributed by atoms with E-state index in [1.807, 2.05) is 24.3 Å². The second-order valence-electron chi connectivity index (χ2n) is 5.13. The lowest BCUT2D eigenvalue weighted by molar-refractivity contribution is 0.562. The highest BCUT2D eigenvalue weighted by atomic mass is 32.2. The fraction of sp³-hybridized carbons (Fsp3) is 0.538. The third-order valence-electron chi connectivity index (χ3n) is 2.69. The number of hydrogen-bond donors (Lipinski definition) is 1. The number of benzene rings is 1. The first-order valence-electron chi connectivity index (χ1n) is 5.90. The first-order chi connectivity index (χ1) is 8.26. The van der Waals surface area contributed by atoms with E-state index < -0.39 is 14.6 Å². The highest BCUT2D eigenvalue weighted by Crippen LogP contribution is 2.22. The van der Waals surface area contributed by atoms with Gasteiger partial charge in [-0.25, -0.2) is 8.42 Å². The molecule has 0 atom stereocenters. The van der Waals surface area contributed by atoms with E-state index in [0.717, 1.165) is 10.5 Å². The highest BCUT2D eigenvalue weighted by Gasteiger charge is 2.28. The van der Waals surface area contributed by atoms with E-state index in [2.05, 4.69) is 0 Å². The van der Waals surface area contributed by atoms with E-state index >= 15 is 0 Å². The molecular weight excluding hydrogens is 266 g/mol. The Hall–Kier alpha value is -0.520. The zero-order valence-corrected chi connectivity index (χ0v) is 12.8. The summed E-state index contributed by atoms with van der Waals surface area (Å²) in [6.07, 6.45) is 0. The molecule has 0 unspecified atom stereocenters. The lowest BCUT2D eigenvalue weighted by atomic mass is 10.2. The summed E-state index contributed by atoms with van der Waals surface area (Å²) < 4.78 is 23.2. The first kappa shape index (κ1) is 15.5. The van der Waals surface area contributed by atoms with Gasteiger partial charge in [0.1, 0.15) is 0 Å². The lowest BCUT2D eigenvalue weighted by Gasteiger charge is -2.18. The molecule has 18 heavy (non-hydrogen) atoms. The Balaban J connectivity index is 2.57. The zero-order chi connectivity index (χ0) is 13.8. The van der Waals surface area contributed by atoms with Crippen LogP contribution >= 0.6 is 11.8 Å². The van der Waals surface area contributed by atoms with Gasteiger partial charge in [-0.1, -0.05) is 12.1 Å². The van der Waals surface area contributed by atoms with Gasteiger partial charge in [0.15, 0.2) is 9.84 Å². The fourth-order valence-electron chi connectivity index (χ4n) is 1.34. The molecule has 0 aromatic heterocycles. The average Bonchev–Trinajstić information content (AvgIpc) is 2.27. The Kier molecular flexibility index (Phi) is 5.25. The molecule has 0 amide bonds. The molecule has 0 spiro atoms. The summed E-state index contributed by atoms with van der Waals surface area (Å²) in [6, 6.07) is 7.90. The summed E-state index contributed by atoms with van der Waals surface area (Å²) in [4.78, 5) is 1.07. The second-order valence-corrected chi connectivity index (χ2v) is 9.16. The normalized spacial score (nSPS) is 12.7. The quantitative estimate of drug-likeness (QED) is 0.845. The summed E-state index contributed by atoms with van der Waals surface area (Å²) >= 11 is 1.56. The van der Waals surface area contributed by atoms with Gasteiger partial charge in [0.2, 0.25) is 0 Å². The van der Waals surface area contributed by atoms with Crippen molar-refractivity contribution >= 4 is 21.6 Å². The van der Waals surface area contributed by atoms with Crippen LogP contribution < -0.4 is 5.73 Å². The molecule has 0 saturated heterocycles. The largest absolute Gasteiger partial charge is 0.326 e. The summed E-state index contributed by atoms with van der Waals surface area (Å²) in [5.74, 6) is 0.779. The molecule has 0 aliphatic heterocycles. The van der Waals surface area contributed by atoms with E-state index in [9.17, 15) is 8.42 Å². The third-order valence-corrected chi connectivity index (χ3v) is 6.55. The van der Waals surface area contributed by atoms with Gasteiger partial charge < -0.3 is 5.73 Å². The molecule has 0 radical (unpaired) electrons. The molecule has 0 aliphatic carbocycles. The molecule has 2 N–H and O–H groups in total. The summed E-state index contributed by atoms with van der Waals surface area (Å²) in [6.45, 7) is 5.72. The monoisotopic (exact) mass is 287 g/mol. The average molecular weight is 287 g/mol. The van der Waals surface area contributed by atoms with E-state index in [-0.39, 0.29) is 5.75 Å². The SMILES string of the molecule is CC(C)(C)S(=O)(=O)CCSc1cccc(CN)c1. The van der Waals surface area contributed by atoms with E-state index in [1.165, 1.54) is 0 Å². The molecule has 1 aromatic carbocycles. The second kappa shape index (κ2) is 6.08. The zero-order valence-electron chi connectivity index (χ0n) is 11.1. The molecule has 0 bridgehead atoms. The third kappa shape index (κ3) is 4.30. The maximum absolute atomic E-state index is 11.9. The molecule has 1 rings (SSSR count). The van der Waals surface area contributed by atoms with Gasteiger partial charge in [-0.2, -0.15) is 0 Å². The van der Waals surface area contributed by atoms with Crippen LogP contribution in [0.1, 0.15) is 26.3 Å². The minimum atomic E-state index is -3.03. The van der Waals surface area contributed by atoms with E-state index in [4.69, 9.17) is 5.73 Å². The molecule has 0 fully saturated rings. The van der Waals surface area contributed by atoms with Crippen LogP contribution in [0.4, 0.5) is 0 Å². The summed E-state index contributed by atoms with van der Waals surface area (Å²) in [7, 11) is -3.03. The van der Waals surface area contributed by atoms with Gasteiger partial charge >= 0.3 is 0 Å². The number of sulfone groups is 1. The maximum Gasteiger partial charge on any atom is 0.156 e. The van der Waals surface area contributed by atoms with Crippen LogP contribution in [0.15, 0.2) is 29.2 Å². The minimum Gasteiger partial charge on any atom is -0.326 e.